The van der Waals surface area contributed by atoms with E-state index in [0.717, 1.165) is 11.5 Å². The van der Waals surface area contributed by atoms with Crippen LogP contribution in [0.4, 0.5) is 0 Å². The van der Waals surface area contributed by atoms with Crippen LogP contribution in [0.2, 0.25) is 0 Å². The van der Waals surface area contributed by atoms with E-state index in [1.165, 1.54) is 11.8 Å². The average Bonchev–Trinajstić information content (AvgIpc) is 2.51. The lowest BCUT2D eigenvalue weighted by Crippen LogP contribution is -2.03. The molecule has 0 amide bonds. The van der Waals surface area contributed by atoms with Gasteiger partial charge in [-0.15, -0.1) is 16.9 Å². The molecule has 0 aromatic carbocycles. The van der Waals surface area contributed by atoms with Crippen molar-refractivity contribution in [2.45, 2.75) is 11.9 Å². The van der Waals surface area contributed by atoms with Crippen LogP contribution < -0.4 is 0 Å². The van der Waals surface area contributed by atoms with E-state index in [0.29, 0.717) is 16.5 Å². The van der Waals surface area contributed by atoms with Crippen LogP contribution in [-0.4, -0.2) is 28.4 Å². The first kappa shape index (κ1) is 9.47. The van der Waals surface area contributed by atoms with Crippen molar-refractivity contribution >= 4 is 29.3 Å². The van der Waals surface area contributed by atoms with Crippen LogP contribution in [0.5, 0.6) is 0 Å². The Morgan fingerprint density at radius 1 is 1.75 bits per heavy atom. The Kier molecular flexibility index (Phi) is 3.48. The van der Waals surface area contributed by atoms with Gasteiger partial charge in [0.15, 0.2) is 4.88 Å². The Balaban J connectivity index is 2.79. The summed E-state index contributed by atoms with van der Waals surface area (Å²) < 4.78 is 8.47. The van der Waals surface area contributed by atoms with Crippen molar-refractivity contribution in [3.8, 4) is 0 Å². The highest BCUT2D eigenvalue weighted by Gasteiger charge is 2.15. The number of carbonyl (C=O) groups excluding carboxylic acids is 1. The van der Waals surface area contributed by atoms with Crippen molar-refractivity contribution in [3.63, 3.8) is 0 Å². The quantitative estimate of drug-likeness (QED) is 0.551. The molecule has 1 rings (SSSR count). The maximum Gasteiger partial charge on any atom is 0.352 e. The van der Waals surface area contributed by atoms with Gasteiger partial charge in [0.25, 0.3) is 0 Å². The third-order valence-corrected chi connectivity index (χ3v) is 2.62. The number of rotatable bonds is 3. The monoisotopic (exact) mass is 204 g/mol. The molecule has 0 atom stereocenters. The first-order valence-electron chi connectivity index (χ1n) is 3.33. The van der Waals surface area contributed by atoms with Crippen molar-refractivity contribution < 1.29 is 9.53 Å². The predicted octanol–water partition coefficient (Wildman–Crippen LogP) is 1.44. The number of hydrogen-bond donors (Lipinski definition) is 0. The zero-order valence-electron chi connectivity index (χ0n) is 6.73. The number of aromatic nitrogens is 2. The smallest absolute Gasteiger partial charge is 0.352 e. The lowest BCUT2D eigenvalue weighted by molar-refractivity contribution is 0.0528. The lowest BCUT2D eigenvalue weighted by Gasteiger charge is -1.97. The summed E-state index contributed by atoms with van der Waals surface area (Å²) in [5.74, 6) is -0.336. The number of carbonyl (C=O) groups is 1. The standard InChI is InChI=1S/C6H8N2O2S2/c1-3-10-6(9)4-5(11-2)7-8-12-4/h3H2,1-2H3. The third kappa shape index (κ3) is 1.95. The first-order chi connectivity index (χ1) is 5.79. The molecule has 0 radical (unpaired) electrons. The fraction of sp³-hybridized carbons (Fsp3) is 0.500. The van der Waals surface area contributed by atoms with Gasteiger partial charge < -0.3 is 4.74 Å². The van der Waals surface area contributed by atoms with E-state index >= 15 is 0 Å². The molecule has 0 bridgehead atoms. The topological polar surface area (TPSA) is 52.1 Å². The van der Waals surface area contributed by atoms with Crippen molar-refractivity contribution in [3.05, 3.63) is 4.88 Å². The molecule has 4 nitrogen and oxygen atoms in total. The van der Waals surface area contributed by atoms with Gasteiger partial charge in [0.05, 0.1) is 6.61 Å². The van der Waals surface area contributed by atoms with E-state index in [4.69, 9.17) is 4.74 Å². The third-order valence-electron chi connectivity index (χ3n) is 1.11. The molecule has 1 heterocycles. The second-order valence-electron chi connectivity index (χ2n) is 1.83. The highest BCUT2D eigenvalue weighted by Crippen LogP contribution is 2.20. The fourth-order valence-electron chi connectivity index (χ4n) is 0.638. The molecular weight excluding hydrogens is 196 g/mol. The average molecular weight is 204 g/mol. The molecule has 0 N–H and O–H groups in total. The summed E-state index contributed by atoms with van der Waals surface area (Å²) in [7, 11) is 0. The highest BCUT2D eigenvalue weighted by atomic mass is 32.2. The second-order valence-corrected chi connectivity index (χ2v) is 3.38. The number of esters is 1. The Morgan fingerprint density at radius 2 is 2.50 bits per heavy atom. The van der Waals surface area contributed by atoms with E-state index in [2.05, 4.69) is 9.59 Å². The van der Waals surface area contributed by atoms with Gasteiger partial charge >= 0.3 is 5.97 Å². The van der Waals surface area contributed by atoms with Crippen LogP contribution in [0.25, 0.3) is 0 Å². The van der Waals surface area contributed by atoms with Gasteiger partial charge in [0, 0.05) is 0 Å². The molecule has 1 aromatic heterocycles. The van der Waals surface area contributed by atoms with Gasteiger partial charge in [-0.05, 0) is 24.7 Å². The van der Waals surface area contributed by atoms with Crippen LogP contribution in [0.1, 0.15) is 16.6 Å². The Labute approximate surface area is 78.5 Å². The second kappa shape index (κ2) is 4.42. The summed E-state index contributed by atoms with van der Waals surface area (Å²) >= 11 is 2.46. The summed E-state index contributed by atoms with van der Waals surface area (Å²) in [4.78, 5) is 11.7. The molecular formula is C6H8N2O2S2. The zero-order chi connectivity index (χ0) is 8.97. The largest absolute Gasteiger partial charge is 0.462 e. The minimum Gasteiger partial charge on any atom is -0.462 e. The molecule has 0 saturated carbocycles. The maximum atomic E-state index is 11.2. The zero-order valence-corrected chi connectivity index (χ0v) is 8.37. The van der Waals surface area contributed by atoms with E-state index in [9.17, 15) is 4.79 Å². The van der Waals surface area contributed by atoms with E-state index in [-0.39, 0.29) is 5.97 Å². The lowest BCUT2D eigenvalue weighted by atomic mass is 10.5. The van der Waals surface area contributed by atoms with Gasteiger partial charge in [0.1, 0.15) is 5.03 Å². The summed E-state index contributed by atoms with van der Waals surface area (Å²) in [6.07, 6.45) is 1.85. The Bertz CT molecular complexity index is 274. The Hall–Kier alpha value is -0.620. The van der Waals surface area contributed by atoms with Crippen LogP contribution in [0.15, 0.2) is 5.03 Å². The van der Waals surface area contributed by atoms with Crippen LogP contribution in [0.3, 0.4) is 0 Å². The molecule has 0 unspecified atom stereocenters. The Morgan fingerprint density at radius 3 is 3.08 bits per heavy atom. The molecule has 6 heteroatoms. The van der Waals surface area contributed by atoms with Crippen molar-refractivity contribution in [2.24, 2.45) is 0 Å². The van der Waals surface area contributed by atoms with Crippen LogP contribution in [0, 0.1) is 0 Å². The molecule has 0 aliphatic carbocycles. The van der Waals surface area contributed by atoms with E-state index in [1.807, 2.05) is 6.26 Å². The number of ether oxygens (including phenoxy) is 1. The molecule has 0 saturated heterocycles. The molecule has 12 heavy (non-hydrogen) atoms. The van der Waals surface area contributed by atoms with Gasteiger partial charge in [-0.2, -0.15) is 0 Å². The molecule has 0 aliphatic rings. The number of thioether (sulfide) groups is 1. The van der Waals surface area contributed by atoms with Gasteiger partial charge in [0.2, 0.25) is 0 Å². The van der Waals surface area contributed by atoms with Crippen molar-refractivity contribution in [1.82, 2.24) is 9.59 Å². The highest BCUT2D eigenvalue weighted by molar-refractivity contribution is 7.98. The summed E-state index contributed by atoms with van der Waals surface area (Å²) in [5, 5.41) is 4.41. The molecule has 0 aliphatic heterocycles. The summed E-state index contributed by atoms with van der Waals surface area (Å²) in [6, 6.07) is 0. The van der Waals surface area contributed by atoms with Crippen molar-refractivity contribution in [1.29, 1.82) is 0 Å². The van der Waals surface area contributed by atoms with Gasteiger partial charge in [-0.25, -0.2) is 4.79 Å². The number of nitrogens with zero attached hydrogens (tertiary/aromatic N) is 2. The van der Waals surface area contributed by atoms with E-state index in [1.54, 1.807) is 6.92 Å². The molecule has 66 valence electrons. The first-order valence-corrected chi connectivity index (χ1v) is 5.32. The van der Waals surface area contributed by atoms with Gasteiger partial charge in [-0.1, -0.05) is 4.49 Å². The SMILES string of the molecule is CCOC(=O)c1snnc1SC. The molecule has 0 fully saturated rings. The summed E-state index contributed by atoms with van der Waals surface area (Å²) in [6.45, 7) is 2.15. The minimum atomic E-state index is -0.336. The van der Waals surface area contributed by atoms with E-state index < -0.39 is 0 Å². The molecule has 0 spiro atoms. The molecule has 1 aromatic rings. The maximum absolute atomic E-state index is 11.2. The summed E-state index contributed by atoms with van der Waals surface area (Å²) in [5.41, 5.74) is 0. The fourth-order valence-corrected chi connectivity index (χ4v) is 1.90. The predicted molar refractivity (Wildman–Crippen MR) is 47.6 cm³/mol. The van der Waals surface area contributed by atoms with Crippen LogP contribution in [-0.2, 0) is 4.74 Å². The normalized spacial score (nSPS) is 9.83. The number of hydrogen-bond acceptors (Lipinski definition) is 6. The van der Waals surface area contributed by atoms with Crippen LogP contribution >= 0.6 is 23.3 Å². The minimum absolute atomic E-state index is 0.336. The van der Waals surface area contributed by atoms with Gasteiger partial charge in [-0.3, -0.25) is 0 Å². The van der Waals surface area contributed by atoms with Crippen molar-refractivity contribution in [2.75, 3.05) is 12.9 Å².